The number of sulfone groups is 1. The topological polar surface area (TPSA) is 74.7 Å². The zero-order valence-corrected chi connectivity index (χ0v) is 11.3. The minimum absolute atomic E-state index is 0.0315. The second kappa shape index (κ2) is 5.97. The molecule has 0 aliphatic rings. The standard InChI is InChI=1S/C12H17NO4S/c1-3-13(2)8-9-18(16,17)11-6-4-10(5-7-11)12(14)15/h4-7H,3,8-9H2,1-2H3,(H,14,15). The van der Waals surface area contributed by atoms with Gasteiger partial charge in [-0.2, -0.15) is 0 Å². The van der Waals surface area contributed by atoms with Crippen LogP contribution in [0.5, 0.6) is 0 Å². The first-order chi connectivity index (χ1) is 8.36. The van der Waals surface area contributed by atoms with Crippen LogP contribution in [0.3, 0.4) is 0 Å². The van der Waals surface area contributed by atoms with E-state index in [2.05, 4.69) is 0 Å². The van der Waals surface area contributed by atoms with Crippen molar-refractivity contribution < 1.29 is 18.3 Å². The Morgan fingerprint density at radius 1 is 1.28 bits per heavy atom. The predicted molar refractivity (Wildman–Crippen MR) is 68.6 cm³/mol. The fraction of sp³-hybridized carbons (Fsp3) is 0.417. The summed E-state index contributed by atoms with van der Waals surface area (Å²) in [4.78, 5) is 12.7. The Labute approximate surface area is 107 Å². The van der Waals surface area contributed by atoms with E-state index in [4.69, 9.17) is 5.11 Å². The molecule has 0 aliphatic heterocycles. The summed E-state index contributed by atoms with van der Waals surface area (Å²) in [6.45, 7) is 3.20. The van der Waals surface area contributed by atoms with Crippen LogP contribution in [-0.2, 0) is 9.84 Å². The van der Waals surface area contributed by atoms with Crippen molar-refractivity contribution >= 4 is 15.8 Å². The number of nitrogens with zero attached hydrogens (tertiary/aromatic N) is 1. The molecular formula is C12H17NO4S. The Hall–Kier alpha value is -1.40. The van der Waals surface area contributed by atoms with Crippen LogP contribution in [0.1, 0.15) is 17.3 Å². The van der Waals surface area contributed by atoms with Gasteiger partial charge in [0.05, 0.1) is 16.2 Å². The van der Waals surface area contributed by atoms with Gasteiger partial charge in [0.25, 0.3) is 0 Å². The number of carboxylic acids is 1. The molecule has 6 heteroatoms. The lowest BCUT2D eigenvalue weighted by molar-refractivity contribution is 0.0697. The molecule has 0 saturated heterocycles. The summed E-state index contributed by atoms with van der Waals surface area (Å²) in [5.41, 5.74) is 0.0830. The summed E-state index contributed by atoms with van der Waals surface area (Å²) < 4.78 is 23.9. The van der Waals surface area contributed by atoms with Crippen LogP contribution in [0.2, 0.25) is 0 Å². The van der Waals surface area contributed by atoms with E-state index in [9.17, 15) is 13.2 Å². The van der Waals surface area contributed by atoms with Gasteiger partial charge in [-0.05, 0) is 37.9 Å². The van der Waals surface area contributed by atoms with Crippen molar-refractivity contribution in [2.24, 2.45) is 0 Å². The minimum Gasteiger partial charge on any atom is -0.478 e. The summed E-state index contributed by atoms with van der Waals surface area (Å²) in [5.74, 6) is -1.03. The van der Waals surface area contributed by atoms with Crippen molar-refractivity contribution in [3.05, 3.63) is 29.8 Å². The highest BCUT2D eigenvalue weighted by Crippen LogP contribution is 2.12. The maximum atomic E-state index is 12.0. The summed E-state index contributed by atoms with van der Waals surface area (Å²) in [6.07, 6.45) is 0. The summed E-state index contributed by atoms with van der Waals surface area (Å²) in [6, 6.07) is 5.28. The smallest absolute Gasteiger partial charge is 0.335 e. The van der Waals surface area contributed by atoms with Gasteiger partial charge in [-0.25, -0.2) is 13.2 Å². The molecule has 0 aromatic heterocycles. The monoisotopic (exact) mass is 271 g/mol. The molecule has 1 N–H and O–H groups in total. The van der Waals surface area contributed by atoms with E-state index in [1.54, 1.807) is 0 Å². The molecule has 5 nitrogen and oxygen atoms in total. The molecule has 0 saturated carbocycles. The maximum absolute atomic E-state index is 12.0. The molecule has 1 aromatic rings. The van der Waals surface area contributed by atoms with Gasteiger partial charge in [0, 0.05) is 6.54 Å². The van der Waals surface area contributed by atoms with E-state index < -0.39 is 15.8 Å². The summed E-state index contributed by atoms with van der Waals surface area (Å²) in [7, 11) is -1.49. The first-order valence-electron chi connectivity index (χ1n) is 5.61. The quantitative estimate of drug-likeness (QED) is 0.839. The Bertz CT molecular complexity index is 507. The van der Waals surface area contributed by atoms with Gasteiger partial charge in [0.2, 0.25) is 0 Å². The number of hydrogen-bond donors (Lipinski definition) is 1. The number of rotatable bonds is 6. The lowest BCUT2D eigenvalue weighted by Gasteiger charge is -2.13. The van der Waals surface area contributed by atoms with Crippen LogP contribution in [-0.4, -0.2) is 50.3 Å². The maximum Gasteiger partial charge on any atom is 0.335 e. The van der Waals surface area contributed by atoms with Crippen molar-refractivity contribution in [2.45, 2.75) is 11.8 Å². The van der Waals surface area contributed by atoms with Crippen LogP contribution in [0.4, 0.5) is 0 Å². The number of hydrogen-bond acceptors (Lipinski definition) is 4. The van der Waals surface area contributed by atoms with Crippen LogP contribution in [0.25, 0.3) is 0 Å². The second-order valence-electron chi connectivity index (χ2n) is 4.04. The molecule has 0 unspecified atom stereocenters. The summed E-state index contributed by atoms with van der Waals surface area (Å²) >= 11 is 0. The van der Waals surface area contributed by atoms with Gasteiger partial charge in [0.15, 0.2) is 9.84 Å². The molecule has 0 heterocycles. The molecule has 0 bridgehead atoms. The van der Waals surface area contributed by atoms with E-state index in [0.717, 1.165) is 6.54 Å². The zero-order chi connectivity index (χ0) is 13.8. The van der Waals surface area contributed by atoms with E-state index in [0.29, 0.717) is 6.54 Å². The highest BCUT2D eigenvalue weighted by molar-refractivity contribution is 7.91. The van der Waals surface area contributed by atoms with Crippen molar-refractivity contribution in [3.63, 3.8) is 0 Å². The van der Waals surface area contributed by atoms with Gasteiger partial charge in [-0.15, -0.1) is 0 Å². The van der Waals surface area contributed by atoms with Crippen LogP contribution in [0.15, 0.2) is 29.2 Å². The molecule has 0 atom stereocenters. The molecule has 1 rings (SSSR count). The lowest BCUT2D eigenvalue weighted by atomic mass is 10.2. The number of benzene rings is 1. The zero-order valence-electron chi connectivity index (χ0n) is 10.5. The van der Waals surface area contributed by atoms with E-state index >= 15 is 0 Å². The molecule has 0 spiro atoms. The second-order valence-corrected chi connectivity index (χ2v) is 6.15. The Kier molecular flexibility index (Phi) is 4.86. The molecule has 0 aliphatic carbocycles. The van der Waals surface area contributed by atoms with E-state index in [1.165, 1.54) is 24.3 Å². The number of aromatic carboxylic acids is 1. The van der Waals surface area contributed by atoms with Crippen molar-refractivity contribution in [1.29, 1.82) is 0 Å². The molecule has 0 amide bonds. The van der Waals surface area contributed by atoms with Crippen LogP contribution in [0, 0.1) is 0 Å². The normalized spacial score (nSPS) is 11.7. The van der Waals surface area contributed by atoms with Gasteiger partial charge in [-0.1, -0.05) is 6.92 Å². The Morgan fingerprint density at radius 3 is 2.28 bits per heavy atom. The highest BCUT2D eigenvalue weighted by atomic mass is 32.2. The lowest BCUT2D eigenvalue weighted by Crippen LogP contribution is -2.25. The molecule has 1 aromatic carbocycles. The fourth-order valence-corrected chi connectivity index (χ4v) is 2.70. The van der Waals surface area contributed by atoms with Crippen molar-refractivity contribution in [1.82, 2.24) is 4.90 Å². The Balaban J connectivity index is 2.82. The predicted octanol–water partition coefficient (Wildman–Crippen LogP) is 1.11. The van der Waals surface area contributed by atoms with Gasteiger partial charge < -0.3 is 10.0 Å². The third-order valence-electron chi connectivity index (χ3n) is 2.74. The average molecular weight is 271 g/mol. The van der Waals surface area contributed by atoms with Crippen LogP contribution >= 0.6 is 0 Å². The third kappa shape index (κ3) is 3.82. The molecule has 0 radical (unpaired) electrons. The van der Waals surface area contributed by atoms with E-state index in [-0.39, 0.29) is 16.2 Å². The Morgan fingerprint density at radius 2 is 1.83 bits per heavy atom. The number of carbonyl (C=O) groups is 1. The molecule has 18 heavy (non-hydrogen) atoms. The molecule has 0 fully saturated rings. The number of carboxylic acid groups (broad SMARTS) is 1. The summed E-state index contributed by atoms with van der Waals surface area (Å²) in [5, 5.41) is 8.73. The van der Waals surface area contributed by atoms with Crippen molar-refractivity contribution in [2.75, 3.05) is 25.9 Å². The third-order valence-corrected chi connectivity index (χ3v) is 4.45. The average Bonchev–Trinajstić information content (AvgIpc) is 2.36. The van der Waals surface area contributed by atoms with Gasteiger partial charge in [-0.3, -0.25) is 0 Å². The van der Waals surface area contributed by atoms with Gasteiger partial charge in [0.1, 0.15) is 0 Å². The first kappa shape index (κ1) is 14.7. The van der Waals surface area contributed by atoms with Gasteiger partial charge >= 0.3 is 5.97 Å². The SMILES string of the molecule is CCN(C)CCS(=O)(=O)c1ccc(C(=O)O)cc1. The minimum atomic E-state index is -3.34. The van der Waals surface area contributed by atoms with E-state index in [1.807, 2.05) is 18.9 Å². The van der Waals surface area contributed by atoms with Crippen molar-refractivity contribution in [3.8, 4) is 0 Å². The molecule has 100 valence electrons. The van der Waals surface area contributed by atoms with Crippen LogP contribution < -0.4 is 0 Å². The largest absolute Gasteiger partial charge is 0.478 e. The fourth-order valence-electron chi connectivity index (χ4n) is 1.36. The molecular weight excluding hydrogens is 254 g/mol. The first-order valence-corrected chi connectivity index (χ1v) is 7.26. The highest BCUT2D eigenvalue weighted by Gasteiger charge is 2.15.